The van der Waals surface area contributed by atoms with Crippen LogP contribution in [0.2, 0.25) is 0 Å². The summed E-state index contributed by atoms with van der Waals surface area (Å²) in [4.78, 5) is 2.32. The first-order valence-corrected chi connectivity index (χ1v) is 11.6. The van der Waals surface area contributed by atoms with Gasteiger partial charge < -0.3 is 4.90 Å². The lowest BCUT2D eigenvalue weighted by atomic mass is 9.85. The molecule has 1 aliphatic carbocycles. The van der Waals surface area contributed by atoms with E-state index in [0.717, 1.165) is 24.2 Å². The number of hydrogen-bond donors (Lipinski definition) is 0. The van der Waals surface area contributed by atoms with Crippen LogP contribution in [0.5, 0.6) is 0 Å². The van der Waals surface area contributed by atoms with Gasteiger partial charge in [0.1, 0.15) is 0 Å². The molecule has 0 atom stereocenters. The molecule has 0 fully saturated rings. The lowest BCUT2D eigenvalue weighted by Gasteiger charge is -2.30. The summed E-state index contributed by atoms with van der Waals surface area (Å²) in [6.07, 6.45) is 2.07. The molecule has 160 valence electrons. The van der Waals surface area contributed by atoms with Crippen molar-refractivity contribution < 1.29 is 0 Å². The second kappa shape index (κ2) is 8.81. The average molecular weight is 427 g/mol. The van der Waals surface area contributed by atoms with Gasteiger partial charge in [-0.2, -0.15) is 5.26 Å². The Morgan fingerprint density at radius 3 is 2.03 bits per heavy atom. The molecular formula is C31H26N2. The molecule has 0 saturated heterocycles. The molecule has 0 N–H and O–H groups in total. The summed E-state index contributed by atoms with van der Waals surface area (Å²) in [6.45, 7) is 4.00. The van der Waals surface area contributed by atoms with Crippen LogP contribution < -0.4 is 4.90 Å². The van der Waals surface area contributed by atoms with Crippen molar-refractivity contribution in [1.29, 1.82) is 5.26 Å². The third-order valence-corrected chi connectivity index (χ3v) is 6.35. The van der Waals surface area contributed by atoms with Gasteiger partial charge in [0, 0.05) is 17.1 Å². The summed E-state index contributed by atoms with van der Waals surface area (Å²) >= 11 is 0. The van der Waals surface area contributed by atoms with Gasteiger partial charge in [-0.1, -0.05) is 68.4 Å². The van der Waals surface area contributed by atoms with Crippen molar-refractivity contribution in [2.45, 2.75) is 26.7 Å². The van der Waals surface area contributed by atoms with Gasteiger partial charge in [0.2, 0.25) is 0 Å². The van der Waals surface area contributed by atoms with Crippen molar-refractivity contribution in [3.8, 4) is 6.07 Å². The van der Waals surface area contributed by atoms with Gasteiger partial charge in [0.25, 0.3) is 0 Å². The minimum Gasteiger partial charge on any atom is -0.310 e. The molecule has 0 amide bonds. The van der Waals surface area contributed by atoms with E-state index in [1.807, 2.05) is 44.2 Å². The Morgan fingerprint density at radius 1 is 0.636 bits per heavy atom. The van der Waals surface area contributed by atoms with Crippen LogP contribution in [0.1, 0.15) is 30.5 Å². The Morgan fingerprint density at radius 2 is 1.30 bits per heavy atom. The van der Waals surface area contributed by atoms with Gasteiger partial charge in [0.15, 0.2) is 0 Å². The minimum atomic E-state index is 0.673. The highest BCUT2D eigenvalue weighted by molar-refractivity contribution is 6.13. The number of rotatable bonds is 3. The Bertz CT molecular complexity index is 1480. The summed E-state index contributed by atoms with van der Waals surface area (Å²) in [5.74, 6) is 0. The SMILES string of the molecule is CC.N#Cc1ccc(N(c2ccccc2)c2ccc3ccc4cccc5c4c3c2CC5)cc1. The van der Waals surface area contributed by atoms with Crippen LogP contribution in [-0.4, -0.2) is 0 Å². The van der Waals surface area contributed by atoms with Gasteiger partial charge in [0.05, 0.1) is 11.6 Å². The van der Waals surface area contributed by atoms with Gasteiger partial charge >= 0.3 is 0 Å². The molecule has 0 aliphatic heterocycles. The van der Waals surface area contributed by atoms with E-state index in [2.05, 4.69) is 77.7 Å². The third kappa shape index (κ3) is 3.52. The second-order valence-corrected chi connectivity index (χ2v) is 8.07. The fourth-order valence-electron chi connectivity index (χ4n) is 4.95. The molecule has 0 heterocycles. The maximum atomic E-state index is 9.25. The van der Waals surface area contributed by atoms with Crippen molar-refractivity contribution in [2.24, 2.45) is 0 Å². The monoisotopic (exact) mass is 426 g/mol. The number of anilines is 3. The van der Waals surface area contributed by atoms with E-state index < -0.39 is 0 Å². The Kier molecular flexibility index (Phi) is 5.55. The van der Waals surface area contributed by atoms with E-state index in [0.29, 0.717) is 5.56 Å². The number of para-hydroxylation sites is 1. The fourth-order valence-corrected chi connectivity index (χ4v) is 4.95. The van der Waals surface area contributed by atoms with Crippen LogP contribution >= 0.6 is 0 Å². The highest BCUT2D eigenvalue weighted by Crippen LogP contribution is 2.44. The molecule has 0 saturated carbocycles. The predicted octanol–water partition coefficient (Wildman–Crippen LogP) is 8.46. The zero-order chi connectivity index (χ0) is 22.8. The van der Waals surface area contributed by atoms with Crippen LogP contribution in [0.3, 0.4) is 0 Å². The van der Waals surface area contributed by atoms with Crippen molar-refractivity contribution in [1.82, 2.24) is 0 Å². The van der Waals surface area contributed by atoms with E-state index in [1.54, 1.807) is 0 Å². The Labute approximate surface area is 195 Å². The van der Waals surface area contributed by atoms with Gasteiger partial charge in [-0.15, -0.1) is 0 Å². The molecule has 0 unspecified atom stereocenters. The maximum absolute atomic E-state index is 9.25. The van der Waals surface area contributed by atoms with Crippen molar-refractivity contribution in [3.05, 3.63) is 114 Å². The van der Waals surface area contributed by atoms with E-state index in [4.69, 9.17) is 0 Å². The molecule has 2 nitrogen and oxygen atoms in total. The van der Waals surface area contributed by atoms with Gasteiger partial charge in [-0.3, -0.25) is 0 Å². The molecule has 1 aliphatic rings. The van der Waals surface area contributed by atoms with Crippen LogP contribution in [0, 0.1) is 11.3 Å². The summed E-state index contributed by atoms with van der Waals surface area (Å²) in [6, 6.07) is 36.2. The summed E-state index contributed by atoms with van der Waals surface area (Å²) in [7, 11) is 0. The normalized spacial score (nSPS) is 11.7. The predicted molar refractivity (Wildman–Crippen MR) is 140 cm³/mol. The van der Waals surface area contributed by atoms with E-state index in [-0.39, 0.29) is 0 Å². The topological polar surface area (TPSA) is 27.0 Å². The number of benzene rings is 5. The third-order valence-electron chi connectivity index (χ3n) is 6.35. The largest absolute Gasteiger partial charge is 0.310 e. The van der Waals surface area contributed by atoms with E-state index in [9.17, 15) is 5.26 Å². The average Bonchev–Trinajstić information content (AvgIpc) is 2.90. The molecule has 0 bridgehead atoms. The van der Waals surface area contributed by atoms with Crippen molar-refractivity contribution in [3.63, 3.8) is 0 Å². The van der Waals surface area contributed by atoms with Crippen LogP contribution in [-0.2, 0) is 12.8 Å². The Hall–Kier alpha value is -4.09. The highest BCUT2D eigenvalue weighted by Gasteiger charge is 2.22. The summed E-state index contributed by atoms with van der Waals surface area (Å²) < 4.78 is 0. The molecule has 0 radical (unpaired) electrons. The fraction of sp³-hybridized carbons (Fsp3) is 0.129. The lowest BCUT2D eigenvalue weighted by Crippen LogP contribution is -2.14. The molecular weight excluding hydrogens is 400 g/mol. The van der Waals surface area contributed by atoms with Crippen molar-refractivity contribution in [2.75, 3.05) is 4.90 Å². The minimum absolute atomic E-state index is 0.673. The van der Waals surface area contributed by atoms with E-state index >= 15 is 0 Å². The summed E-state index contributed by atoms with van der Waals surface area (Å²) in [5, 5.41) is 14.6. The Balaban J connectivity index is 0.00000111. The number of aryl methyl sites for hydroxylation is 2. The van der Waals surface area contributed by atoms with Gasteiger partial charge in [-0.05, 0) is 88.0 Å². The van der Waals surface area contributed by atoms with Crippen LogP contribution in [0.15, 0.2) is 97.1 Å². The first-order chi connectivity index (χ1) is 16.3. The summed E-state index contributed by atoms with van der Waals surface area (Å²) in [5.41, 5.74) is 6.91. The zero-order valence-corrected chi connectivity index (χ0v) is 19.0. The standard InChI is InChI=1S/C29H20N2.C2H6/c30-19-20-9-15-25(16-10-20)31(24-7-2-1-3-8-24)27-18-14-23-12-11-21-5-4-6-22-13-17-26(27)29(23)28(21)22;1-2/h1-12,14-16,18H,13,17H2;1-2H3. The highest BCUT2D eigenvalue weighted by atomic mass is 15.1. The van der Waals surface area contributed by atoms with Crippen molar-refractivity contribution >= 4 is 38.6 Å². The quantitative estimate of drug-likeness (QED) is 0.271. The van der Waals surface area contributed by atoms with Gasteiger partial charge in [-0.25, -0.2) is 0 Å². The number of nitrogens with zero attached hydrogens (tertiary/aromatic N) is 2. The first-order valence-electron chi connectivity index (χ1n) is 11.6. The lowest BCUT2D eigenvalue weighted by molar-refractivity contribution is 0.964. The molecule has 33 heavy (non-hydrogen) atoms. The van der Waals surface area contributed by atoms with Crippen LogP contribution in [0.25, 0.3) is 21.5 Å². The molecule has 6 rings (SSSR count). The van der Waals surface area contributed by atoms with E-state index in [1.165, 1.54) is 38.4 Å². The number of hydrogen-bond acceptors (Lipinski definition) is 2. The molecule has 5 aromatic carbocycles. The molecule has 5 aromatic rings. The molecule has 0 aromatic heterocycles. The first kappa shape index (κ1) is 20.8. The molecule has 2 heteroatoms. The number of nitriles is 1. The maximum Gasteiger partial charge on any atom is 0.0991 e. The smallest absolute Gasteiger partial charge is 0.0991 e. The molecule has 0 spiro atoms. The zero-order valence-electron chi connectivity index (χ0n) is 19.0. The second-order valence-electron chi connectivity index (χ2n) is 8.07. The van der Waals surface area contributed by atoms with Crippen LogP contribution in [0.4, 0.5) is 17.1 Å².